The predicted molar refractivity (Wildman–Crippen MR) is 144 cm³/mol. The number of benzene rings is 1. The second-order valence-electron chi connectivity index (χ2n) is 11.1. The highest BCUT2D eigenvalue weighted by Crippen LogP contribution is 2.31. The number of aryl methyl sites for hydroxylation is 1. The molecule has 11 heteroatoms. The van der Waals surface area contributed by atoms with Crippen LogP contribution in [-0.4, -0.2) is 74.3 Å². The Labute approximate surface area is 222 Å². The van der Waals surface area contributed by atoms with Gasteiger partial charge in [0.25, 0.3) is 5.91 Å². The maximum atomic E-state index is 13.3. The number of ether oxygens (including phenoxy) is 2. The Balaban J connectivity index is 1.25. The zero-order valence-electron chi connectivity index (χ0n) is 22.6. The van der Waals surface area contributed by atoms with Crippen LogP contribution < -0.4 is 15.0 Å². The Morgan fingerprint density at radius 1 is 1.11 bits per heavy atom. The Kier molecular flexibility index (Phi) is 6.85. The van der Waals surface area contributed by atoms with Crippen molar-refractivity contribution in [3.63, 3.8) is 0 Å². The van der Waals surface area contributed by atoms with Gasteiger partial charge in [0.05, 0.1) is 17.2 Å². The van der Waals surface area contributed by atoms with E-state index in [4.69, 9.17) is 9.47 Å². The van der Waals surface area contributed by atoms with Crippen molar-refractivity contribution in [1.82, 2.24) is 24.9 Å². The van der Waals surface area contributed by atoms with Gasteiger partial charge in [-0.2, -0.15) is 5.10 Å². The van der Waals surface area contributed by atoms with E-state index in [1.807, 2.05) is 53.1 Å². The smallest absolute Gasteiger partial charge is 0.410 e. The number of nitrogens with one attached hydrogen (secondary N) is 1. The number of amides is 2. The molecule has 202 valence electrons. The molecular formula is C27H35N7O4. The molecule has 38 heavy (non-hydrogen) atoms. The second-order valence-corrected chi connectivity index (χ2v) is 11.1. The first-order chi connectivity index (χ1) is 18.1. The van der Waals surface area contributed by atoms with Crippen LogP contribution in [-0.2, 0) is 11.8 Å². The molecule has 3 heterocycles. The molecule has 1 aromatic carbocycles. The molecule has 1 atom stereocenters. The third kappa shape index (κ3) is 5.66. The van der Waals surface area contributed by atoms with Crippen LogP contribution in [0, 0.1) is 0 Å². The van der Waals surface area contributed by atoms with Gasteiger partial charge in [-0.15, -0.1) is 10.2 Å². The molecule has 2 amide bonds. The third-order valence-electron chi connectivity index (χ3n) is 6.78. The summed E-state index contributed by atoms with van der Waals surface area (Å²) in [6.45, 7) is 9.31. The molecule has 1 aliphatic carbocycles. The lowest BCUT2D eigenvalue weighted by atomic mass is 9.96. The topological polar surface area (TPSA) is 115 Å². The number of piperazine rings is 1. The molecule has 2 fully saturated rings. The van der Waals surface area contributed by atoms with Crippen molar-refractivity contribution < 1.29 is 19.1 Å². The molecule has 0 unspecified atom stereocenters. The average molecular weight is 522 g/mol. The molecule has 1 N–H and O–H groups in total. The first-order valence-corrected chi connectivity index (χ1v) is 13.1. The summed E-state index contributed by atoms with van der Waals surface area (Å²) in [6, 6.07) is 7.15. The molecule has 0 spiro atoms. The summed E-state index contributed by atoms with van der Waals surface area (Å²) >= 11 is 0. The number of nitrogens with zero attached hydrogens (tertiary/aromatic N) is 6. The number of carbonyl (C=O) groups is 2. The quantitative estimate of drug-likeness (QED) is 0.536. The van der Waals surface area contributed by atoms with Crippen molar-refractivity contribution in [3.8, 4) is 5.75 Å². The predicted octanol–water partition coefficient (Wildman–Crippen LogP) is 3.99. The first kappa shape index (κ1) is 25.7. The summed E-state index contributed by atoms with van der Waals surface area (Å²) in [4.78, 5) is 29.6. The van der Waals surface area contributed by atoms with E-state index in [0.29, 0.717) is 42.6 Å². The van der Waals surface area contributed by atoms with E-state index in [9.17, 15) is 9.59 Å². The van der Waals surface area contributed by atoms with E-state index < -0.39 is 5.60 Å². The molecule has 1 saturated heterocycles. The van der Waals surface area contributed by atoms with Gasteiger partial charge in [-0.25, -0.2) is 4.79 Å². The van der Waals surface area contributed by atoms with Crippen LogP contribution in [0.5, 0.6) is 5.75 Å². The summed E-state index contributed by atoms with van der Waals surface area (Å²) in [5.74, 6) is 1.25. The number of hydrogen-bond donors (Lipinski definition) is 1. The summed E-state index contributed by atoms with van der Waals surface area (Å²) in [7, 11) is 1.85. The second kappa shape index (κ2) is 10.1. The van der Waals surface area contributed by atoms with Gasteiger partial charge in [0.2, 0.25) is 0 Å². The fourth-order valence-corrected chi connectivity index (χ4v) is 4.62. The van der Waals surface area contributed by atoms with Gasteiger partial charge in [-0.3, -0.25) is 9.48 Å². The number of aromatic nitrogens is 4. The molecule has 2 aromatic heterocycles. The molecule has 0 radical (unpaired) electrons. The number of fused-ring (bicyclic) bond motifs is 1. The molecule has 5 rings (SSSR count). The summed E-state index contributed by atoms with van der Waals surface area (Å²) in [5.41, 5.74) is 0.687. The van der Waals surface area contributed by atoms with Crippen molar-refractivity contribution in [2.75, 3.05) is 29.9 Å². The fraction of sp³-hybridized carbons (Fsp3) is 0.519. The van der Waals surface area contributed by atoms with Gasteiger partial charge in [0.15, 0.2) is 11.6 Å². The Morgan fingerprint density at radius 3 is 2.53 bits per heavy atom. The van der Waals surface area contributed by atoms with Gasteiger partial charge < -0.3 is 24.6 Å². The minimum atomic E-state index is -0.534. The van der Waals surface area contributed by atoms with Gasteiger partial charge >= 0.3 is 6.09 Å². The minimum absolute atomic E-state index is 0.0451. The Hall–Kier alpha value is -3.89. The van der Waals surface area contributed by atoms with Crippen molar-refractivity contribution >= 4 is 34.5 Å². The zero-order chi connectivity index (χ0) is 27.0. The van der Waals surface area contributed by atoms with Crippen LogP contribution in [0.4, 0.5) is 16.4 Å². The molecule has 0 bridgehead atoms. The number of hydrogen-bond acceptors (Lipinski definition) is 8. The van der Waals surface area contributed by atoms with Crippen LogP contribution in [0.15, 0.2) is 30.5 Å². The third-order valence-corrected chi connectivity index (χ3v) is 6.78. The number of carbonyl (C=O) groups excluding carboxylic acids is 2. The lowest BCUT2D eigenvalue weighted by molar-refractivity contribution is 0.0158. The van der Waals surface area contributed by atoms with Crippen LogP contribution in [0.25, 0.3) is 10.9 Å². The van der Waals surface area contributed by atoms with Crippen molar-refractivity contribution in [1.29, 1.82) is 0 Å². The average Bonchev–Trinajstić information content (AvgIpc) is 3.19. The SMILES string of the molecule is C[C@H]1CN(c2ccc(NC(=O)c3cc4cn(C)nc4cc3OC3CCC3)nn2)CCN1C(=O)OC(C)(C)C. The summed E-state index contributed by atoms with van der Waals surface area (Å²) in [5, 5.41) is 16.7. The van der Waals surface area contributed by atoms with Crippen LogP contribution in [0.3, 0.4) is 0 Å². The van der Waals surface area contributed by atoms with Gasteiger partial charge in [-0.1, -0.05) is 0 Å². The lowest BCUT2D eigenvalue weighted by Gasteiger charge is -2.40. The fourth-order valence-electron chi connectivity index (χ4n) is 4.62. The maximum Gasteiger partial charge on any atom is 0.410 e. The molecule has 1 saturated carbocycles. The standard InChI is InChI=1S/C27H35N7O4/c1-17-15-33(11-12-34(17)26(36)38-27(2,3)4)24-10-9-23(29-30-24)28-25(35)20-13-18-16-32(5)31-21(18)14-22(20)37-19-7-6-8-19/h9-10,13-14,16-17,19H,6-8,11-12,15H2,1-5H3,(H,28,29,35)/t17-/m0/s1. The number of anilines is 2. The van der Waals surface area contributed by atoms with Gasteiger partial charge in [0, 0.05) is 50.4 Å². The Bertz CT molecular complexity index is 1330. The summed E-state index contributed by atoms with van der Waals surface area (Å²) in [6.07, 6.45) is 4.79. The minimum Gasteiger partial charge on any atom is -0.490 e. The monoisotopic (exact) mass is 521 g/mol. The van der Waals surface area contributed by atoms with Crippen molar-refractivity contribution in [3.05, 3.63) is 36.0 Å². The lowest BCUT2D eigenvalue weighted by Crippen LogP contribution is -2.55. The highest BCUT2D eigenvalue weighted by atomic mass is 16.6. The van der Waals surface area contributed by atoms with Crippen LogP contribution in [0.1, 0.15) is 57.3 Å². The van der Waals surface area contributed by atoms with Crippen LogP contribution >= 0.6 is 0 Å². The highest BCUT2D eigenvalue weighted by Gasteiger charge is 2.31. The molecular weight excluding hydrogens is 486 g/mol. The van der Waals surface area contributed by atoms with E-state index in [2.05, 4.69) is 25.5 Å². The largest absolute Gasteiger partial charge is 0.490 e. The van der Waals surface area contributed by atoms with Crippen LogP contribution in [0.2, 0.25) is 0 Å². The van der Waals surface area contributed by atoms with E-state index in [1.54, 1.807) is 21.7 Å². The van der Waals surface area contributed by atoms with Crippen molar-refractivity contribution in [2.24, 2.45) is 7.05 Å². The normalized spacial score (nSPS) is 18.3. The highest BCUT2D eigenvalue weighted by molar-refractivity contribution is 6.08. The molecule has 1 aliphatic heterocycles. The number of rotatable bonds is 5. The van der Waals surface area contributed by atoms with Gasteiger partial charge in [-0.05, 0) is 65.2 Å². The van der Waals surface area contributed by atoms with Gasteiger partial charge in [0.1, 0.15) is 11.4 Å². The van der Waals surface area contributed by atoms with Crippen molar-refractivity contribution in [2.45, 2.75) is 64.7 Å². The Morgan fingerprint density at radius 2 is 1.89 bits per heavy atom. The molecule has 2 aliphatic rings. The first-order valence-electron chi connectivity index (χ1n) is 13.1. The summed E-state index contributed by atoms with van der Waals surface area (Å²) < 4.78 is 13.4. The zero-order valence-corrected chi connectivity index (χ0v) is 22.6. The van der Waals surface area contributed by atoms with E-state index in [1.165, 1.54) is 0 Å². The van der Waals surface area contributed by atoms with E-state index in [0.717, 1.165) is 30.2 Å². The molecule has 11 nitrogen and oxygen atoms in total. The van der Waals surface area contributed by atoms with E-state index >= 15 is 0 Å². The maximum absolute atomic E-state index is 13.3. The molecule has 3 aromatic rings. The van der Waals surface area contributed by atoms with E-state index in [-0.39, 0.29) is 24.1 Å².